The number of benzene rings is 2. The molecule has 4 rings (SSSR count). The van der Waals surface area contributed by atoms with Crippen molar-refractivity contribution in [1.82, 2.24) is 4.98 Å². The molecule has 0 saturated carbocycles. The highest BCUT2D eigenvalue weighted by atomic mass is 79.9. The Morgan fingerprint density at radius 2 is 1.87 bits per heavy atom. The zero-order valence-corrected chi connectivity index (χ0v) is 17.8. The summed E-state index contributed by atoms with van der Waals surface area (Å²) >= 11 is 3.50. The van der Waals surface area contributed by atoms with E-state index < -0.39 is 11.9 Å². The van der Waals surface area contributed by atoms with E-state index >= 15 is 0 Å². The normalized spacial score (nSPS) is 14.2. The number of carbonyl (C=O) groups is 2. The lowest BCUT2D eigenvalue weighted by atomic mass is 10.1. The van der Waals surface area contributed by atoms with Gasteiger partial charge in [0, 0.05) is 10.2 Å². The van der Waals surface area contributed by atoms with Crippen molar-refractivity contribution in [2.75, 3.05) is 32.5 Å². The van der Waals surface area contributed by atoms with E-state index in [1.807, 2.05) is 24.3 Å². The molecule has 30 heavy (non-hydrogen) atoms. The van der Waals surface area contributed by atoms with Gasteiger partial charge < -0.3 is 23.5 Å². The van der Waals surface area contributed by atoms with E-state index in [4.69, 9.17) is 18.6 Å². The van der Waals surface area contributed by atoms with Crippen LogP contribution in [0, 0.1) is 0 Å². The highest BCUT2D eigenvalue weighted by Gasteiger charge is 2.32. The van der Waals surface area contributed by atoms with E-state index in [-0.39, 0.29) is 24.6 Å². The number of oxazole rings is 1. The molecule has 1 aliphatic heterocycles. The molecule has 154 valence electrons. The fourth-order valence-electron chi connectivity index (χ4n) is 3.18. The highest BCUT2D eigenvalue weighted by molar-refractivity contribution is 9.10. The van der Waals surface area contributed by atoms with E-state index in [2.05, 4.69) is 20.9 Å². The molecule has 2 aromatic carbocycles. The number of rotatable bonds is 4. The minimum absolute atomic E-state index is 0.0496. The summed E-state index contributed by atoms with van der Waals surface area (Å²) in [7, 11) is 2.50. The van der Waals surface area contributed by atoms with Gasteiger partial charge in [-0.2, -0.15) is 0 Å². The first-order valence-electron chi connectivity index (χ1n) is 8.94. The van der Waals surface area contributed by atoms with Gasteiger partial charge in [-0.05, 0) is 46.3 Å². The van der Waals surface area contributed by atoms with Crippen LogP contribution in [0.15, 0.2) is 62.6 Å². The SMILES string of the molecule is COC(=O)C1=C(C(=O)OC)N(c2ccc3oc(-c4ccccc4Br)nc3c2)COC1. The molecule has 0 amide bonds. The Kier molecular flexibility index (Phi) is 5.56. The minimum Gasteiger partial charge on any atom is -0.466 e. The molecule has 0 N–H and O–H groups in total. The van der Waals surface area contributed by atoms with Crippen molar-refractivity contribution in [2.24, 2.45) is 0 Å². The van der Waals surface area contributed by atoms with Crippen LogP contribution in [0.4, 0.5) is 5.69 Å². The lowest BCUT2D eigenvalue weighted by Gasteiger charge is -2.31. The van der Waals surface area contributed by atoms with Crippen molar-refractivity contribution in [2.45, 2.75) is 0 Å². The summed E-state index contributed by atoms with van der Waals surface area (Å²) in [6, 6.07) is 12.9. The molecule has 0 aliphatic carbocycles. The van der Waals surface area contributed by atoms with Crippen LogP contribution >= 0.6 is 15.9 Å². The Bertz CT molecular complexity index is 1170. The molecule has 0 atom stereocenters. The molecule has 0 saturated heterocycles. The van der Waals surface area contributed by atoms with E-state index in [9.17, 15) is 9.59 Å². The van der Waals surface area contributed by atoms with Crippen LogP contribution in [0.1, 0.15) is 0 Å². The number of esters is 2. The summed E-state index contributed by atoms with van der Waals surface area (Å²) in [6.07, 6.45) is 0. The summed E-state index contributed by atoms with van der Waals surface area (Å²) in [5, 5.41) is 0. The predicted octanol–water partition coefficient (Wildman–Crippen LogP) is 3.65. The summed E-state index contributed by atoms with van der Waals surface area (Å²) in [6.45, 7) is 0.0113. The number of halogens is 1. The first-order valence-corrected chi connectivity index (χ1v) is 9.73. The molecular formula is C21H17BrN2O6. The Morgan fingerprint density at radius 1 is 1.10 bits per heavy atom. The summed E-state index contributed by atoms with van der Waals surface area (Å²) in [5.74, 6) is -0.852. The topological polar surface area (TPSA) is 91.1 Å². The average molecular weight is 473 g/mol. The quantitative estimate of drug-likeness (QED) is 0.531. The lowest BCUT2D eigenvalue weighted by Crippen LogP contribution is -2.38. The number of methoxy groups -OCH3 is 2. The Morgan fingerprint density at radius 3 is 2.60 bits per heavy atom. The zero-order valence-electron chi connectivity index (χ0n) is 16.2. The monoisotopic (exact) mass is 472 g/mol. The van der Waals surface area contributed by atoms with E-state index in [0.717, 1.165) is 10.0 Å². The number of ether oxygens (including phenoxy) is 3. The highest BCUT2D eigenvalue weighted by Crippen LogP contribution is 2.33. The van der Waals surface area contributed by atoms with Crippen LogP contribution in [0.3, 0.4) is 0 Å². The third-order valence-corrected chi connectivity index (χ3v) is 5.31. The number of anilines is 1. The molecule has 1 aromatic heterocycles. The maximum Gasteiger partial charge on any atom is 0.355 e. The van der Waals surface area contributed by atoms with Crippen LogP contribution in [-0.2, 0) is 23.8 Å². The number of hydrogen-bond donors (Lipinski definition) is 0. The van der Waals surface area contributed by atoms with Crippen LogP contribution < -0.4 is 4.90 Å². The second-order valence-electron chi connectivity index (χ2n) is 6.37. The number of carbonyl (C=O) groups excluding carboxylic acids is 2. The van der Waals surface area contributed by atoms with Crippen LogP contribution in [0.5, 0.6) is 0 Å². The molecule has 0 fully saturated rings. The molecule has 0 radical (unpaired) electrons. The average Bonchev–Trinajstić information content (AvgIpc) is 3.20. The van der Waals surface area contributed by atoms with Gasteiger partial charge in [-0.15, -0.1) is 0 Å². The molecular weight excluding hydrogens is 456 g/mol. The third-order valence-electron chi connectivity index (χ3n) is 4.62. The first kappa shape index (κ1) is 20.1. The molecule has 0 unspecified atom stereocenters. The predicted molar refractivity (Wildman–Crippen MR) is 112 cm³/mol. The molecule has 2 heterocycles. The maximum atomic E-state index is 12.4. The van der Waals surface area contributed by atoms with E-state index in [0.29, 0.717) is 22.7 Å². The second kappa shape index (κ2) is 8.29. The molecule has 3 aromatic rings. The van der Waals surface area contributed by atoms with Crippen molar-refractivity contribution in [1.29, 1.82) is 0 Å². The summed E-state index contributed by atoms with van der Waals surface area (Å²) in [4.78, 5) is 30.7. The molecule has 8 nitrogen and oxygen atoms in total. The van der Waals surface area contributed by atoms with Gasteiger partial charge in [-0.3, -0.25) is 0 Å². The van der Waals surface area contributed by atoms with Gasteiger partial charge in [0.25, 0.3) is 0 Å². The number of hydrogen-bond acceptors (Lipinski definition) is 8. The molecule has 1 aliphatic rings. The second-order valence-corrected chi connectivity index (χ2v) is 7.22. The number of nitrogens with zero attached hydrogens (tertiary/aromatic N) is 2. The smallest absolute Gasteiger partial charge is 0.355 e. The fourth-order valence-corrected chi connectivity index (χ4v) is 3.64. The zero-order chi connectivity index (χ0) is 21.3. The van der Waals surface area contributed by atoms with Crippen molar-refractivity contribution in [3.05, 3.63) is 58.2 Å². The minimum atomic E-state index is -0.659. The number of fused-ring (bicyclic) bond motifs is 1. The van der Waals surface area contributed by atoms with Gasteiger partial charge in [0.05, 0.1) is 32.0 Å². The van der Waals surface area contributed by atoms with E-state index in [1.54, 1.807) is 23.1 Å². The maximum absolute atomic E-state index is 12.4. The fraction of sp³-hybridized carbons (Fsp3) is 0.190. The van der Waals surface area contributed by atoms with Gasteiger partial charge in [0.15, 0.2) is 5.58 Å². The Balaban J connectivity index is 1.79. The largest absolute Gasteiger partial charge is 0.466 e. The van der Waals surface area contributed by atoms with Crippen molar-refractivity contribution < 1.29 is 28.2 Å². The van der Waals surface area contributed by atoms with Gasteiger partial charge in [-0.25, -0.2) is 14.6 Å². The molecule has 9 heteroatoms. The van der Waals surface area contributed by atoms with Crippen LogP contribution in [-0.4, -0.2) is 44.5 Å². The third kappa shape index (κ3) is 3.57. The van der Waals surface area contributed by atoms with E-state index in [1.165, 1.54) is 14.2 Å². The van der Waals surface area contributed by atoms with Gasteiger partial charge in [0.2, 0.25) is 5.89 Å². The van der Waals surface area contributed by atoms with Gasteiger partial charge in [0.1, 0.15) is 17.9 Å². The van der Waals surface area contributed by atoms with Crippen LogP contribution in [0.2, 0.25) is 0 Å². The summed E-state index contributed by atoms with van der Waals surface area (Å²) < 4.78 is 21.9. The van der Waals surface area contributed by atoms with Crippen LogP contribution in [0.25, 0.3) is 22.6 Å². The number of aromatic nitrogens is 1. The Labute approximate surface area is 180 Å². The first-order chi connectivity index (χ1) is 14.5. The standard InChI is InChI=1S/C21H17BrN2O6/c1-27-20(25)14-10-29-11-24(18(14)21(26)28-2)12-7-8-17-16(9-12)23-19(30-17)13-5-3-4-6-15(13)22/h3-9H,10-11H2,1-2H3. The van der Waals surface area contributed by atoms with Gasteiger partial charge >= 0.3 is 11.9 Å². The van der Waals surface area contributed by atoms with Gasteiger partial charge in [-0.1, -0.05) is 12.1 Å². The van der Waals surface area contributed by atoms with Crippen molar-refractivity contribution in [3.8, 4) is 11.5 Å². The molecule has 0 bridgehead atoms. The lowest BCUT2D eigenvalue weighted by molar-refractivity contribution is -0.140. The molecule has 0 spiro atoms. The summed E-state index contributed by atoms with van der Waals surface area (Å²) in [5.41, 5.74) is 2.75. The van der Waals surface area contributed by atoms with Crippen molar-refractivity contribution in [3.63, 3.8) is 0 Å². The Hall–Kier alpha value is -3.17. The van der Waals surface area contributed by atoms with Crippen molar-refractivity contribution >= 4 is 44.7 Å².